The molecule has 0 N–H and O–H groups in total. The lowest BCUT2D eigenvalue weighted by Gasteiger charge is -2.37. The Morgan fingerprint density at radius 2 is 1.56 bits per heavy atom. The predicted octanol–water partition coefficient (Wildman–Crippen LogP) is 4.81. The van der Waals surface area contributed by atoms with E-state index in [1.165, 1.54) is 4.90 Å². The Balaban J connectivity index is 1.16. The summed E-state index contributed by atoms with van der Waals surface area (Å²) >= 11 is 12.1. The number of carbonyl (C=O) groups is 3. The van der Waals surface area contributed by atoms with Gasteiger partial charge in [-0.05, 0) is 66.5 Å². The number of ether oxygens (including phenoxy) is 1. The number of rotatable bonds is 5. The molecule has 162 valence electrons. The number of carbonyl (C=O) groups excluding carboxylic acids is 3. The number of ketones is 1. The molecule has 2 bridgehead atoms. The molecule has 0 unspecified atom stereocenters. The van der Waals surface area contributed by atoms with Gasteiger partial charge in [-0.3, -0.25) is 19.3 Å². The average molecular weight is 468 g/mol. The summed E-state index contributed by atoms with van der Waals surface area (Å²) in [4.78, 5) is 40.1. The van der Waals surface area contributed by atoms with E-state index in [1.54, 1.807) is 42.5 Å². The van der Waals surface area contributed by atoms with Crippen molar-refractivity contribution < 1.29 is 19.1 Å². The molecule has 4 aliphatic carbocycles. The van der Waals surface area contributed by atoms with Crippen molar-refractivity contribution in [2.24, 2.45) is 35.5 Å². The van der Waals surface area contributed by atoms with E-state index in [0.717, 1.165) is 6.42 Å². The largest absolute Gasteiger partial charge is 0.485 e. The van der Waals surface area contributed by atoms with Crippen LogP contribution in [0.1, 0.15) is 16.8 Å². The molecule has 3 fully saturated rings. The summed E-state index contributed by atoms with van der Waals surface area (Å²) in [5.74, 6) is 1.07. The van der Waals surface area contributed by atoms with Crippen molar-refractivity contribution in [2.45, 2.75) is 6.42 Å². The van der Waals surface area contributed by atoms with Crippen molar-refractivity contribution in [1.82, 2.24) is 0 Å². The fourth-order valence-corrected chi connectivity index (χ4v) is 6.25. The molecule has 1 saturated heterocycles. The fraction of sp³-hybridized carbons (Fsp3) is 0.320. The maximum absolute atomic E-state index is 13.2. The van der Waals surface area contributed by atoms with Gasteiger partial charge < -0.3 is 4.74 Å². The monoisotopic (exact) mass is 467 g/mol. The van der Waals surface area contributed by atoms with Gasteiger partial charge in [-0.1, -0.05) is 41.4 Å². The molecule has 2 aromatic carbocycles. The molecule has 0 radical (unpaired) electrons. The van der Waals surface area contributed by atoms with E-state index < -0.39 is 0 Å². The normalized spacial score (nSPS) is 31.5. The molecule has 0 spiro atoms. The van der Waals surface area contributed by atoms with Gasteiger partial charge >= 0.3 is 0 Å². The van der Waals surface area contributed by atoms with Crippen LogP contribution in [0.25, 0.3) is 0 Å². The quantitative estimate of drug-likeness (QED) is 0.359. The van der Waals surface area contributed by atoms with Crippen molar-refractivity contribution in [1.29, 1.82) is 0 Å². The van der Waals surface area contributed by atoms with Crippen LogP contribution in [0.5, 0.6) is 5.75 Å². The Morgan fingerprint density at radius 3 is 2.19 bits per heavy atom. The summed E-state index contributed by atoms with van der Waals surface area (Å²) < 4.78 is 5.60. The van der Waals surface area contributed by atoms with Crippen LogP contribution in [0.4, 0.5) is 5.69 Å². The molecule has 2 amide bonds. The van der Waals surface area contributed by atoms with Crippen LogP contribution >= 0.6 is 23.2 Å². The minimum atomic E-state index is -0.294. The van der Waals surface area contributed by atoms with E-state index in [0.29, 0.717) is 33.9 Å². The van der Waals surface area contributed by atoms with Gasteiger partial charge in [0.25, 0.3) is 0 Å². The number of imide groups is 1. The Kier molecular flexibility index (Phi) is 4.50. The lowest BCUT2D eigenvalue weighted by atomic mass is 9.63. The van der Waals surface area contributed by atoms with E-state index in [1.807, 2.05) is 0 Å². The van der Waals surface area contributed by atoms with Gasteiger partial charge in [0.15, 0.2) is 6.61 Å². The van der Waals surface area contributed by atoms with Crippen LogP contribution < -0.4 is 9.64 Å². The zero-order valence-corrected chi connectivity index (χ0v) is 18.4. The van der Waals surface area contributed by atoms with Gasteiger partial charge in [0.1, 0.15) is 5.75 Å². The maximum atomic E-state index is 13.2. The van der Waals surface area contributed by atoms with Crippen LogP contribution in [0.2, 0.25) is 10.0 Å². The molecule has 6 atom stereocenters. The smallest absolute Gasteiger partial charge is 0.238 e. The Bertz CT molecular complexity index is 1150. The third-order valence-electron chi connectivity index (χ3n) is 7.38. The zero-order valence-electron chi connectivity index (χ0n) is 16.9. The Morgan fingerprint density at radius 1 is 0.938 bits per heavy atom. The number of nitrogens with zero attached hydrogens (tertiary/aromatic N) is 1. The summed E-state index contributed by atoms with van der Waals surface area (Å²) in [6.45, 7) is -0.205. The Hall–Kier alpha value is -2.63. The highest BCUT2D eigenvalue weighted by Crippen LogP contribution is 2.65. The highest BCUT2D eigenvalue weighted by Gasteiger charge is 2.67. The maximum Gasteiger partial charge on any atom is 0.238 e. The second kappa shape index (κ2) is 7.19. The molecular weight excluding hydrogens is 449 g/mol. The summed E-state index contributed by atoms with van der Waals surface area (Å²) in [5.41, 5.74) is 0.840. The first-order chi connectivity index (χ1) is 15.5. The summed E-state index contributed by atoms with van der Waals surface area (Å²) in [6, 6.07) is 11.6. The van der Waals surface area contributed by atoms with E-state index in [9.17, 15) is 14.4 Å². The number of hydrogen-bond donors (Lipinski definition) is 0. The fourth-order valence-electron chi connectivity index (χ4n) is 5.85. The highest BCUT2D eigenvalue weighted by atomic mass is 35.5. The van der Waals surface area contributed by atoms with Gasteiger partial charge in [0.2, 0.25) is 17.6 Å². The van der Waals surface area contributed by atoms with Crippen molar-refractivity contribution in [3.05, 3.63) is 70.2 Å². The first-order valence-electron chi connectivity index (χ1n) is 10.7. The van der Waals surface area contributed by atoms with Crippen molar-refractivity contribution in [3.63, 3.8) is 0 Å². The standard InChI is InChI=1S/C25H19Cl2NO4/c26-19-3-1-2-16(23(19)27)20(29)11-32-13-6-4-12(5-7-13)28-24(30)21-14-8-9-15(18-10-17(14)18)22(21)25(28)31/h1-9,14-15,17-18,21-22H,10-11H2/t14-,15+,17+,18-,21-,22+. The summed E-state index contributed by atoms with van der Waals surface area (Å²) in [7, 11) is 0. The lowest BCUT2D eigenvalue weighted by Crippen LogP contribution is -2.40. The van der Waals surface area contributed by atoms with Crippen LogP contribution in [-0.2, 0) is 9.59 Å². The minimum Gasteiger partial charge on any atom is -0.485 e. The average Bonchev–Trinajstić information content (AvgIpc) is 3.58. The second-order valence-corrected chi connectivity index (χ2v) is 9.76. The van der Waals surface area contributed by atoms with Gasteiger partial charge in [0.05, 0.1) is 27.6 Å². The Labute approximate surface area is 194 Å². The third kappa shape index (κ3) is 2.87. The molecule has 7 heteroatoms. The number of allylic oxidation sites excluding steroid dienone is 2. The van der Waals surface area contributed by atoms with Gasteiger partial charge in [-0.15, -0.1) is 0 Å². The molecule has 2 saturated carbocycles. The number of amides is 2. The zero-order chi connectivity index (χ0) is 22.1. The van der Waals surface area contributed by atoms with E-state index in [2.05, 4.69) is 12.2 Å². The van der Waals surface area contributed by atoms with E-state index >= 15 is 0 Å². The number of anilines is 1. The predicted molar refractivity (Wildman–Crippen MR) is 120 cm³/mol. The van der Waals surface area contributed by atoms with E-state index in [4.69, 9.17) is 27.9 Å². The highest BCUT2D eigenvalue weighted by molar-refractivity contribution is 6.44. The molecule has 5 nitrogen and oxygen atoms in total. The third-order valence-corrected chi connectivity index (χ3v) is 8.20. The van der Waals surface area contributed by atoms with Crippen LogP contribution in [-0.4, -0.2) is 24.2 Å². The van der Waals surface area contributed by atoms with Crippen molar-refractivity contribution in [2.75, 3.05) is 11.5 Å². The summed E-state index contributed by atoms with van der Waals surface area (Å²) in [5, 5.41) is 0.509. The number of benzene rings is 2. The number of halogens is 2. The molecular formula is C25H19Cl2NO4. The van der Waals surface area contributed by atoms with Gasteiger partial charge in [-0.25, -0.2) is 0 Å². The number of Topliss-reactive ketones (excluding diaryl/α,β-unsaturated/α-hetero) is 1. The molecule has 7 rings (SSSR count). The first-order valence-corrected chi connectivity index (χ1v) is 11.5. The lowest BCUT2D eigenvalue weighted by molar-refractivity contribution is -0.124. The van der Waals surface area contributed by atoms with Crippen molar-refractivity contribution in [3.8, 4) is 5.75 Å². The van der Waals surface area contributed by atoms with Gasteiger partial charge in [-0.2, -0.15) is 0 Å². The minimum absolute atomic E-state index is 0.0934. The molecule has 2 aromatic rings. The SMILES string of the molecule is O=C(COc1ccc(N2C(=O)[C@@H]3[C@@H]4C=C[C@@H]([C@H]5C[C@@H]45)[C@@H]3C2=O)cc1)c1cccc(Cl)c1Cl. The molecule has 32 heavy (non-hydrogen) atoms. The van der Waals surface area contributed by atoms with Crippen molar-refractivity contribution >= 4 is 46.5 Å². The first kappa shape index (κ1) is 20.0. The van der Waals surface area contributed by atoms with Crippen LogP contribution in [0, 0.1) is 35.5 Å². The summed E-state index contributed by atoms with van der Waals surface area (Å²) in [6.07, 6.45) is 5.46. The second-order valence-electron chi connectivity index (χ2n) is 8.97. The van der Waals surface area contributed by atoms with Gasteiger partial charge in [0, 0.05) is 5.56 Å². The molecule has 1 aliphatic heterocycles. The van der Waals surface area contributed by atoms with E-state index in [-0.39, 0.29) is 52.9 Å². The molecule has 5 aliphatic rings. The topological polar surface area (TPSA) is 63.7 Å². The number of hydrogen-bond acceptors (Lipinski definition) is 4. The molecule has 1 heterocycles. The van der Waals surface area contributed by atoms with Crippen LogP contribution in [0.15, 0.2) is 54.6 Å². The molecule has 0 aromatic heterocycles. The van der Waals surface area contributed by atoms with Crippen LogP contribution in [0.3, 0.4) is 0 Å².